The van der Waals surface area contributed by atoms with Crippen LogP contribution in [-0.4, -0.2) is 37.3 Å². The van der Waals surface area contributed by atoms with Crippen LogP contribution in [0.25, 0.3) is 0 Å². The number of aromatic nitrogens is 1. The second kappa shape index (κ2) is 7.22. The summed E-state index contributed by atoms with van der Waals surface area (Å²) in [5.41, 5.74) is 1.26. The van der Waals surface area contributed by atoms with Crippen LogP contribution in [0.1, 0.15) is 38.3 Å². The van der Waals surface area contributed by atoms with E-state index in [1.54, 1.807) is 11.3 Å². The van der Waals surface area contributed by atoms with Gasteiger partial charge in [-0.3, -0.25) is 0 Å². The number of hydrogen-bond acceptors (Lipinski definition) is 5. The van der Waals surface area contributed by atoms with E-state index in [-0.39, 0.29) is 5.54 Å². The van der Waals surface area contributed by atoms with E-state index in [0.29, 0.717) is 0 Å². The normalized spacial score (nSPS) is 11.9. The Bertz CT molecular complexity index is 385. The number of anilines is 1. The molecule has 0 radical (unpaired) electrons. The number of nitrogens with one attached hydrogen (secondary N) is 1. The number of ether oxygens (including phenoxy) is 1. The Balaban J connectivity index is 2.57. The molecule has 0 saturated carbocycles. The van der Waals surface area contributed by atoms with Gasteiger partial charge in [0, 0.05) is 37.2 Å². The molecule has 0 atom stereocenters. The molecule has 0 amide bonds. The summed E-state index contributed by atoms with van der Waals surface area (Å²) in [5, 5.41) is 4.58. The Morgan fingerprint density at radius 2 is 2.05 bits per heavy atom. The van der Waals surface area contributed by atoms with Gasteiger partial charge in [0.25, 0.3) is 0 Å². The first-order valence-corrected chi connectivity index (χ1v) is 7.65. The highest BCUT2D eigenvalue weighted by molar-refractivity contribution is 7.15. The van der Waals surface area contributed by atoms with Gasteiger partial charge in [-0.25, -0.2) is 4.98 Å². The van der Waals surface area contributed by atoms with Gasteiger partial charge in [0.05, 0.1) is 12.3 Å². The van der Waals surface area contributed by atoms with Crippen molar-refractivity contribution in [1.29, 1.82) is 0 Å². The molecule has 19 heavy (non-hydrogen) atoms. The highest BCUT2D eigenvalue weighted by Gasteiger charge is 2.14. The molecule has 1 aromatic rings. The number of nitrogens with zero attached hydrogens (tertiary/aromatic N) is 2. The van der Waals surface area contributed by atoms with Crippen molar-refractivity contribution in [1.82, 2.24) is 10.3 Å². The van der Waals surface area contributed by atoms with Gasteiger partial charge < -0.3 is 15.0 Å². The molecule has 0 aliphatic heterocycles. The van der Waals surface area contributed by atoms with Crippen LogP contribution < -0.4 is 10.2 Å². The molecule has 0 aliphatic carbocycles. The highest BCUT2D eigenvalue weighted by Crippen LogP contribution is 2.25. The molecule has 0 saturated heterocycles. The van der Waals surface area contributed by atoms with Gasteiger partial charge in [-0.2, -0.15) is 0 Å². The average Bonchev–Trinajstić information content (AvgIpc) is 2.67. The molecule has 0 aromatic carbocycles. The molecule has 5 heteroatoms. The molecule has 1 N–H and O–H groups in total. The quantitative estimate of drug-likeness (QED) is 0.782. The van der Waals surface area contributed by atoms with Crippen molar-refractivity contribution in [2.45, 2.75) is 46.7 Å². The van der Waals surface area contributed by atoms with E-state index >= 15 is 0 Å². The maximum Gasteiger partial charge on any atom is 0.185 e. The minimum absolute atomic E-state index is 0.136. The summed E-state index contributed by atoms with van der Waals surface area (Å²) in [6, 6.07) is 0. The first-order valence-electron chi connectivity index (χ1n) is 6.83. The van der Waals surface area contributed by atoms with Gasteiger partial charge in [0.2, 0.25) is 0 Å². The molecule has 0 bridgehead atoms. The standard InChI is InChI=1S/C14H27N3OS/c1-7-18-9-8-17(6)13-16-11(2)12(19-13)10-15-14(3,4)5/h15H,7-10H2,1-6H3. The Labute approximate surface area is 121 Å². The Morgan fingerprint density at radius 3 is 2.63 bits per heavy atom. The zero-order valence-corrected chi connectivity index (χ0v) is 13.9. The molecule has 0 unspecified atom stereocenters. The first-order chi connectivity index (χ1) is 8.83. The molecule has 1 aromatic heterocycles. The van der Waals surface area contributed by atoms with Crippen molar-refractivity contribution in [2.24, 2.45) is 0 Å². The topological polar surface area (TPSA) is 37.4 Å². The van der Waals surface area contributed by atoms with E-state index in [0.717, 1.165) is 37.1 Å². The van der Waals surface area contributed by atoms with Gasteiger partial charge in [0.15, 0.2) is 5.13 Å². The van der Waals surface area contributed by atoms with Crippen LogP contribution in [0, 0.1) is 6.92 Å². The van der Waals surface area contributed by atoms with Crippen molar-refractivity contribution >= 4 is 16.5 Å². The largest absolute Gasteiger partial charge is 0.380 e. The summed E-state index contributed by atoms with van der Waals surface area (Å²) in [4.78, 5) is 8.11. The van der Waals surface area contributed by atoms with E-state index in [1.165, 1.54) is 4.88 Å². The van der Waals surface area contributed by atoms with Gasteiger partial charge in [0.1, 0.15) is 0 Å². The smallest absolute Gasteiger partial charge is 0.185 e. The fourth-order valence-corrected chi connectivity index (χ4v) is 2.51. The summed E-state index contributed by atoms with van der Waals surface area (Å²) in [6.45, 7) is 13.9. The van der Waals surface area contributed by atoms with Gasteiger partial charge in [-0.15, -0.1) is 11.3 Å². The lowest BCUT2D eigenvalue weighted by atomic mass is 10.1. The zero-order chi connectivity index (χ0) is 14.5. The second-order valence-corrected chi connectivity index (χ2v) is 6.79. The maximum atomic E-state index is 5.38. The SMILES string of the molecule is CCOCCN(C)c1nc(C)c(CNC(C)(C)C)s1. The van der Waals surface area contributed by atoms with Crippen LogP contribution in [0.4, 0.5) is 5.13 Å². The van der Waals surface area contributed by atoms with E-state index in [9.17, 15) is 0 Å². The molecule has 1 rings (SSSR count). The average molecular weight is 285 g/mol. The summed E-state index contributed by atoms with van der Waals surface area (Å²) in [7, 11) is 2.07. The van der Waals surface area contributed by atoms with E-state index in [1.807, 2.05) is 6.92 Å². The fraction of sp³-hybridized carbons (Fsp3) is 0.786. The fourth-order valence-electron chi connectivity index (χ4n) is 1.53. The number of rotatable bonds is 7. The minimum atomic E-state index is 0.136. The number of likely N-dealkylation sites (N-methyl/N-ethyl adjacent to an activating group) is 1. The lowest BCUT2D eigenvalue weighted by Gasteiger charge is -2.20. The van der Waals surface area contributed by atoms with Crippen LogP contribution in [-0.2, 0) is 11.3 Å². The monoisotopic (exact) mass is 285 g/mol. The van der Waals surface area contributed by atoms with Crippen LogP contribution in [0.15, 0.2) is 0 Å². The van der Waals surface area contributed by atoms with E-state index < -0.39 is 0 Å². The van der Waals surface area contributed by atoms with Crippen molar-refractivity contribution in [2.75, 3.05) is 31.7 Å². The molecular formula is C14H27N3OS. The third-order valence-electron chi connectivity index (χ3n) is 2.76. The van der Waals surface area contributed by atoms with Crippen molar-refractivity contribution < 1.29 is 4.74 Å². The third-order valence-corrected chi connectivity index (χ3v) is 4.03. The highest BCUT2D eigenvalue weighted by atomic mass is 32.1. The van der Waals surface area contributed by atoms with E-state index in [4.69, 9.17) is 4.74 Å². The molecule has 0 aliphatic rings. The van der Waals surface area contributed by atoms with Crippen molar-refractivity contribution in [3.8, 4) is 0 Å². The Kier molecular flexibility index (Phi) is 6.23. The molecule has 0 spiro atoms. The van der Waals surface area contributed by atoms with Gasteiger partial charge >= 0.3 is 0 Å². The maximum absolute atomic E-state index is 5.38. The second-order valence-electron chi connectivity index (χ2n) is 5.73. The third kappa shape index (κ3) is 5.89. The molecule has 1 heterocycles. The van der Waals surface area contributed by atoms with Crippen LogP contribution >= 0.6 is 11.3 Å². The minimum Gasteiger partial charge on any atom is -0.380 e. The summed E-state index contributed by atoms with van der Waals surface area (Å²) in [5.74, 6) is 0. The van der Waals surface area contributed by atoms with Gasteiger partial charge in [-0.05, 0) is 34.6 Å². The summed E-state index contributed by atoms with van der Waals surface area (Å²) < 4.78 is 5.38. The zero-order valence-electron chi connectivity index (χ0n) is 13.0. The Morgan fingerprint density at radius 1 is 1.37 bits per heavy atom. The summed E-state index contributed by atoms with van der Waals surface area (Å²) >= 11 is 1.76. The first kappa shape index (κ1) is 16.4. The van der Waals surface area contributed by atoms with Crippen molar-refractivity contribution in [3.63, 3.8) is 0 Å². The van der Waals surface area contributed by atoms with E-state index in [2.05, 4.69) is 49.9 Å². The van der Waals surface area contributed by atoms with Crippen LogP contribution in [0.2, 0.25) is 0 Å². The van der Waals surface area contributed by atoms with Gasteiger partial charge in [-0.1, -0.05) is 0 Å². The lowest BCUT2D eigenvalue weighted by molar-refractivity contribution is 0.154. The molecule has 0 fully saturated rings. The Hall–Kier alpha value is -0.650. The molecule has 110 valence electrons. The molecular weight excluding hydrogens is 258 g/mol. The predicted octanol–water partition coefficient (Wildman–Crippen LogP) is 2.81. The number of hydrogen-bond donors (Lipinski definition) is 1. The number of aryl methyl sites for hydroxylation is 1. The van der Waals surface area contributed by atoms with Crippen LogP contribution in [0.5, 0.6) is 0 Å². The summed E-state index contributed by atoms with van der Waals surface area (Å²) in [6.07, 6.45) is 0. The predicted molar refractivity (Wildman–Crippen MR) is 83.2 cm³/mol. The van der Waals surface area contributed by atoms with Crippen molar-refractivity contribution in [3.05, 3.63) is 10.6 Å². The number of thiazole rings is 1. The lowest BCUT2D eigenvalue weighted by Crippen LogP contribution is -2.34. The molecule has 4 nitrogen and oxygen atoms in total. The van der Waals surface area contributed by atoms with Crippen LogP contribution in [0.3, 0.4) is 0 Å².